The number of pyridine rings is 1. The van der Waals surface area contributed by atoms with E-state index in [9.17, 15) is 0 Å². The van der Waals surface area contributed by atoms with Crippen LogP contribution >= 0.6 is 35.7 Å². The van der Waals surface area contributed by atoms with Gasteiger partial charge in [-0.3, -0.25) is 9.98 Å². The van der Waals surface area contributed by atoms with Gasteiger partial charge >= 0.3 is 0 Å². The van der Waals surface area contributed by atoms with Crippen LogP contribution in [0.3, 0.4) is 0 Å². The molecular weight excluding hydrogens is 431 g/mol. The molecule has 0 spiro atoms. The van der Waals surface area contributed by atoms with Crippen molar-refractivity contribution in [3.8, 4) is 0 Å². The number of nitrogens with one attached hydrogen (secondary N) is 2. The van der Waals surface area contributed by atoms with Crippen LogP contribution in [0.2, 0.25) is 0 Å². The zero-order valence-corrected chi connectivity index (χ0v) is 18.9. The minimum atomic E-state index is 0. The first kappa shape index (κ1) is 23.5. The van der Waals surface area contributed by atoms with E-state index in [1.54, 1.807) is 0 Å². The summed E-state index contributed by atoms with van der Waals surface area (Å²) in [5.41, 5.74) is 1.27. The highest BCUT2D eigenvalue weighted by molar-refractivity contribution is 14.0. The molecule has 0 saturated carbocycles. The topological polar surface area (TPSA) is 49.3 Å². The molecule has 2 N–H and O–H groups in total. The predicted molar refractivity (Wildman–Crippen MR) is 119 cm³/mol. The van der Waals surface area contributed by atoms with Gasteiger partial charge in [-0.15, -0.1) is 24.0 Å². The van der Waals surface area contributed by atoms with Crippen LogP contribution in [0.4, 0.5) is 0 Å². The van der Waals surface area contributed by atoms with E-state index >= 15 is 0 Å². The molecule has 1 unspecified atom stereocenters. The zero-order valence-electron chi connectivity index (χ0n) is 15.8. The number of guanidine groups is 1. The van der Waals surface area contributed by atoms with Crippen molar-refractivity contribution in [2.45, 2.75) is 45.3 Å². The molecule has 138 valence electrons. The third-order valence-electron chi connectivity index (χ3n) is 3.92. The Morgan fingerprint density at radius 2 is 2.04 bits per heavy atom. The molecule has 4 nitrogen and oxygen atoms in total. The molecule has 0 fully saturated rings. The number of halogens is 1. The van der Waals surface area contributed by atoms with E-state index in [-0.39, 0.29) is 28.7 Å². The molecule has 1 heterocycles. The Bertz CT molecular complexity index is 477. The number of aliphatic imine (C=N–C) groups is 1. The van der Waals surface area contributed by atoms with Gasteiger partial charge in [0.2, 0.25) is 0 Å². The van der Waals surface area contributed by atoms with Gasteiger partial charge in [0, 0.05) is 36.1 Å². The first-order valence-corrected chi connectivity index (χ1v) is 9.59. The third kappa shape index (κ3) is 8.55. The van der Waals surface area contributed by atoms with Gasteiger partial charge in [0.05, 0.1) is 6.54 Å². The Labute approximate surface area is 169 Å². The van der Waals surface area contributed by atoms with Gasteiger partial charge in [-0.25, -0.2) is 0 Å². The number of aromatic nitrogens is 1. The van der Waals surface area contributed by atoms with Crippen LogP contribution in [0.5, 0.6) is 0 Å². The van der Waals surface area contributed by atoms with Crippen LogP contribution in [-0.2, 0) is 0 Å². The average Bonchev–Trinajstić information content (AvgIpc) is 2.53. The minimum absolute atomic E-state index is 0. The summed E-state index contributed by atoms with van der Waals surface area (Å²) in [6.45, 7) is 13.6. The number of hydrogen-bond donors (Lipinski definition) is 2. The molecule has 1 rings (SSSR count). The summed E-state index contributed by atoms with van der Waals surface area (Å²) in [6, 6.07) is 4.16. The van der Waals surface area contributed by atoms with Crippen molar-refractivity contribution in [3.63, 3.8) is 0 Å². The van der Waals surface area contributed by atoms with Gasteiger partial charge in [0.25, 0.3) is 0 Å². The molecule has 0 aliphatic carbocycles. The first-order chi connectivity index (χ1) is 10.9. The molecule has 1 atom stereocenters. The highest BCUT2D eigenvalue weighted by Crippen LogP contribution is 2.23. The zero-order chi connectivity index (χ0) is 17.3. The molecule has 0 aromatic carbocycles. The van der Waals surface area contributed by atoms with E-state index in [0.717, 1.165) is 25.6 Å². The summed E-state index contributed by atoms with van der Waals surface area (Å²) in [7, 11) is 0. The molecule has 0 saturated heterocycles. The number of rotatable bonds is 8. The van der Waals surface area contributed by atoms with Crippen molar-refractivity contribution in [2.75, 3.05) is 25.9 Å². The minimum Gasteiger partial charge on any atom is -0.357 e. The first-order valence-electron chi connectivity index (χ1n) is 8.37. The van der Waals surface area contributed by atoms with Gasteiger partial charge in [0.1, 0.15) is 0 Å². The molecule has 0 bridgehead atoms. The fraction of sp³-hybridized carbons (Fsp3) is 0.667. The smallest absolute Gasteiger partial charge is 0.191 e. The number of hydrogen-bond acceptors (Lipinski definition) is 3. The van der Waals surface area contributed by atoms with E-state index in [2.05, 4.69) is 62.6 Å². The van der Waals surface area contributed by atoms with Crippen molar-refractivity contribution in [1.29, 1.82) is 0 Å². The van der Waals surface area contributed by atoms with Gasteiger partial charge in [0.15, 0.2) is 5.96 Å². The maximum atomic E-state index is 4.74. The summed E-state index contributed by atoms with van der Waals surface area (Å²) in [5, 5.41) is 6.84. The number of nitrogens with zero attached hydrogens (tertiary/aromatic N) is 2. The van der Waals surface area contributed by atoms with Crippen LogP contribution in [0.15, 0.2) is 29.5 Å². The Hall–Kier alpha value is -0.500. The molecular formula is C18H33IN4S. The Kier molecular flexibility index (Phi) is 11.7. The summed E-state index contributed by atoms with van der Waals surface area (Å²) in [5.74, 6) is 1.85. The van der Waals surface area contributed by atoms with Crippen molar-refractivity contribution < 1.29 is 0 Å². The van der Waals surface area contributed by atoms with E-state index < -0.39 is 0 Å². The fourth-order valence-corrected chi connectivity index (χ4v) is 2.41. The van der Waals surface area contributed by atoms with Gasteiger partial charge in [-0.2, -0.15) is 11.8 Å². The van der Waals surface area contributed by atoms with Gasteiger partial charge in [-0.05, 0) is 44.6 Å². The molecule has 0 aliphatic rings. The standard InChI is InChI=1S/C18H32N4S.HI/c1-7-20-17(22-13-18(4,5)23-6)21-12-16(14(2)3)15-9-8-10-19-11-15;/h8-11,14,16H,7,12-13H2,1-6H3,(H2,20,21,22);1H. The summed E-state index contributed by atoms with van der Waals surface area (Å²) >= 11 is 1.84. The monoisotopic (exact) mass is 464 g/mol. The highest BCUT2D eigenvalue weighted by Gasteiger charge is 2.18. The molecule has 0 aliphatic heterocycles. The van der Waals surface area contributed by atoms with Gasteiger partial charge in [-0.1, -0.05) is 19.9 Å². The average molecular weight is 464 g/mol. The lowest BCUT2D eigenvalue weighted by molar-refractivity contribution is 0.486. The third-order valence-corrected chi connectivity index (χ3v) is 5.16. The molecule has 24 heavy (non-hydrogen) atoms. The molecule has 1 aromatic rings. The summed E-state index contributed by atoms with van der Waals surface area (Å²) in [4.78, 5) is 8.99. The second-order valence-corrected chi connectivity index (χ2v) is 8.19. The Balaban J connectivity index is 0.00000529. The molecule has 1 aromatic heterocycles. The lowest BCUT2D eigenvalue weighted by Gasteiger charge is -2.24. The predicted octanol–water partition coefficient (Wildman–Crippen LogP) is 4.14. The largest absolute Gasteiger partial charge is 0.357 e. The fourth-order valence-electron chi connectivity index (χ4n) is 2.22. The van der Waals surface area contributed by atoms with Crippen molar-refractivity contribution in [3.05, 3.63) is 30.1 Å². The second kappa shape index (κ2) is 12.0. The van der Waals surface area contributed by atoms with Crippen molar-refractivity contribution in [2.24, 2.45) is 10.9 Å². The SMILES string of the molecule is CCNC(=NCC(C)(C)SC)NCC(c1cccnc1)C(C)C.I. The van der Waals surface area contributed by atoms with Crippen LogP contribution in [-0.4, -0.2) is 41.6 Å². The van der Waals surface area contributed by atoms with Crippen LogP contribution < -0.4 is 10.6 Å². The quantitative estimate of drug-likeness (QED) is 0.345. The Morgan fingerprint density at radius 3 is 2.54 bits per heavy atom. The number of thioether (sulfide) groups is 1. The summed E-state index contributed by atoms with van der Waals surface area (Å²) < 4.78 is 0.156. The molecule has 0 amide bonds. The lowest BCUT2D eigenvalue weighted by Crippen LogP contribution is -2.41. The normalized spacial score (nSPS) is 13.4. The second-order valence-electron chi connectivity index (χ2n) is 6.68. The van der Waals surface area contributed by atoms with Crippen LogP contribution in [0, 0.1) is 5.92 Å². The maximum absolute atomic E-state index is 4.74. The van der Waals surface area contributed by atoms with E-state index in [1.807, 2.05) is 30.2 Å². The van der Waals surface area contributed by atoms with Crippen LogP contribution in [0.25, 0.3) is 0 Å². The molecule has 0 radical (unpaired) electrons. The van der Waals surface area contributed by atoms with Crippen molar-refractivity contribution >= 4 is 41.7 Å². The van der Waals surface area contributed by atoms with E-state index in [0.29, 0.717) is 11.8 Å². The van der Waals surface area contributed by atoms with Gasteiger partial charge < -0.3 is 10.6 Å². The van der Waals surface area contributed by atoms with E-state index in [1.165, 1.54) is 5.56 Å². The van der Waals surface area contributed by atoms with E-state index in [4.69, 9.17) is 4.99 Å². The lowest BCUT2D eigenvalue weighted by atomic mass is 9.89. The Morgan fingerprint density at radius 1 is 1.33 bits per heavy atom. The highest BCUT2D eigenvalue weighted by atomic mass is 127. The molecule has 6 heteroatoms. The van der Waals surface area contributed by atoms with Crippen molar-refractivity contribution in [1.82, 2.24) is 15.6 Å². The van der Waals surface area contributed by atoms with Crippen LogP contribution in [0.1, 0.15) is 46.1 Å². The maximum Gasteiger partial charge on any atom is 0.191 e. The summed E-state index contributed by atoms with van der Waals surface area (Å²) in [6.07, 6.45) is 5.92.